The highest BCUT2D eigenvalue weighted by Crippen LogP contribution is 2.38. The number of hydrogen-bond donors (Lipinski definition) is 0. The van der Waals surface area contributed by atoms with Crippen LogP contribution in [0.2, 0.25) is 0 Å². The number of hydrogen-bond acceptors (Lipinski definition) is 3. The Bertz CT molecular complexity index is 532. The standard InChI is InChI=1S/C12H17NO2S/c1-9-5-6-10-11(7-9)16(14,15)12(2,3)8-13(10)4/h5-7H,8H2,1-4H3. The zero-order chi connectivity index (χ0) is 12.1. The summed E-state index contributed by atoms with van der Waals surface area (Å²) in [4.78, 5) is 2.47. The first-order chi connectivity index (χ1) is 7.25. The van der Waals surface area contributed by atoms with Crippen molar-refractivity contribution in [1.29, 1.82) is 0 Å². The second-order valence-electron chi connectivity index (χ2n) is 5.09. The number of nitrogens with zero attached hydrogens (tertiary/aromatic N) is 1. The third-order valence-electron chi connectivity index (χ3n) is 3.16. The van der Waals surface area contributed by atoms with Crippen molar-refractivity contribution in [3.63, 3.8) is 0 Å². The molecule has 4 heteroatoms. The fourth-order valence-corrected chi connectivity index (χ4v) is 3.99. The van der Waals surface area contributed by atoms with Crippen LogP contribution in [0.1, 0.15) is 19.4 Å². The fraction of sp³-hybridized carbons (Fsp3) is 0.500. The zero-order valence-electron chi connectivity index (χ0n) is 10.1. The van der Waals surface area contributed by atoms with Crippen LogP contribution in [0.5, 0.6) is 0 Å². The van der Waals surface area contributed by atoms with Gasteiger partial charge in [-0.2, -0.15) is 0 Å². The lowest BCUT2D eigenvalue weighted by molar-refractivity contribution is 0.534. The molecule has 1 aromatic rings. The monoisotopic (exact) mass is 239 g/mol. The Morgan fingerprint density at radius 2 is 1.94 bits per heavy atom. The van der Waals surface area contributed by atoms with Crippen molar-refractivity contribution in [3.8, 4) is 0 Å². The number of aryl methyl sites for hydroxylation is 1. The van der Waals surface area contributed by atoms with Gasteiger partial charge in [0.2, 0.25) is 0 Å². The van der Waals surface area contributed by atoms with E-state index in [0.29, 0.717) is 11.4 Å². The lowest BCUT2D eigenvalue weighted by Crippen LogP contribution is -2.47. The fourth-order valence-electron chi connectivity index (χ4n) is 2.19. The maximum absolute atomic E-state index is 12.4. The van der Waals surface area contributed by atoms with Crippen molar-refractivity contribution >= 4 is 15.5 Å². The molecular weight excluding hydrogens is 222 g/mol. The SMILES string of the molecule is Cc1ccc2c(c1)S(=O)(=O)C(C)(C)CN2C. The van der Waals surface area contributed by atoms with Gasteiger partial charge in [0.25, 0.3) is 0 Å². The molecule has 1 aliphatic heterocycles. The number of fused-ring (bicyclic) bond motifs is 1. The van der Waals surface area contributed by atoms with E-state index in [-0.39, 0.29) is 0 Å². The van der Waals surface area contributed by atoms with E-state index in [9.17, 15) is 8.42 Å². The molecule has 0 atom stereocenters. The van der Waals surface area contributed by atoms with E-state index in [0.717, 1.165) is 11.3 Å². The third-order valence-corrected chi connectivity index (χ3v) is 5.65. The first-order valence-corrected chi connectivity index (χ1v) is 6.80. The highest BCUT2D eigenvalue weighted by Gasteiger charge is 2.42. The summed E-state index contributed by atoms with van der Waals surface area (Å²) in [5.41, 5.74) is 1.79. The Hall–Kier alpha value is -1.03. The topological polar surface area (TPSA) is 37.4 Å². The molecule has 1 aromatic carbocycles. The van der Waals surface area contributed by atoms with Crippen molar-refractivity contribution in [1.82, 2.24) is 0 Å². The van der Waals surface area contributed by atoms with Crippen molar-refractivity contribution in [3.05, 3.63) is 23.8 Å². The molecule has 0 saturated heterocycles. The molecule has 0 unspecified atom stereocenters. The molecule has 0 spiro atoms. The molecule has 1 aliphatic rings. The average Bonchev–Trinajstić information content (AvgIpc) is 2.14. The largest absolute Gasteiger partial charge is 0.372 e. The molecule has 0 aromatic heterocycles. The van der Waals surface area contributed by atoms with Gasteiger partial charge in [-0.1, -0.05) is 6.07 Å². The summed E-state index contributed by atoms with van der Waals surface area (Å²) in [5.74, 6) is 0. The number of sulfone groups is 1. The van der Waals surface area contributed by atoms with Gasteiger partial charge in [0, 0.05) is 13.6 Å². The molecule has 0 amide bonds. The van der Waals surface area contributed by atoms with Crippen molar-refractivity contribution < 1.29 is 8.42 Å². The second-order valence-corrected chi connectivity index (χ2v) is 7.64. The molecule has 0 N–H and O–H groups in total. The number of anilines is 1. The summed E-state index contributed by atoms with van der Waals surface area (Å²) in [7, 11) is -1.28. The Balaban J connectivity index is 2.77. The Kier molecular flexibility index (Phi) is 2.31. The molecule has 0 bridgehead atoms. The van der Waals surface area contributed by atoms with E-state index >= 15 is 0 Å². The van der Waals surface area contributed by atoms with Gasteiger partial charge in [-0.3, -0.25) is 0 Å². The van der Waals surface area contributed by atoms with Gasteiger partial charge in [-0.15, -0.1) is 0 Å². The first kappa shape index (κ1) is 11.5. The van der Waals surface area contributed by atoms with E-state index in [4.69, 9.17) is 0 Å². The Morgan fingerprint density at radius 3 is 2.56 bits per heavy atom. The molecule has 0 saturated carbocycles. The number of benzene rings is 1. The molecule has 0 aliphatic carbocycles. The van der Waals surface area contributed by atoms with Gasteiger partial charge in [-0.05, 0) is 38.5 Å². The average molecular weight is 239 g/mol. The van der Waals surface area contributed by atoms with E-state index in [2.05, 4.69) is 0 Å². The molecule has 16 heavy (non-hydrogen) atoms. The lowest BCUT2D eigenvalue weighted by atomic mass is 10.1. The third kappa shape index (κ3) is 1.44. The minimum atomic E-state index is -3.22. The molecule has 0 fully saturated rings. The highest BCUT2D eigenvalue weighted by molar-refractivity contribution is 7.93. The van der Waals surface area contributed by atoms with Crippen LogP contribution in [0.25, 0.3) is 0 Å². The van der Waals surface area contributed by atoms with Crippen molar-refractivity contribution in [2.45, 2.75) is 30.4 Å². The minimum Gasteiger partial charge on any atom is -0.372 e. The van der Waals surface area contributed by atoms with Crippen LogP contribution in [0, 0.1) is 6.92 Å². The second kappa shape index (κ2) is 3.23. The maximum Gasteiger partial charge on any atom is 0.187 e. The van der Waals surface area contributed by atoms with Gasteiger partial charge in [-0.25, -0.2) is 8.42 Å². The van der Waals surface area contributed by atoms with Gasteiger partial charge in [0.1, 0.15) is 0 Å². The van der Waals surface area contributed by atoms with Gasteiger partial charge in [0.05, 0.1) is 15.3 Å². The predicted molar refractivity (Wildman–Crippen MR) is 65.7 cm³/mol. The van der Waals surface area contributed by atoms with E-state index < -0.39 is 14.6 Å². The van der Waals surface area contributed by atoms with Gasteiger partial charge < -0.3 is 4.90 Å². The van der Waals surface area contributed by atoms with Crippen LogP contribution in [0.15, 0.2) is 23.1 Å². The zero-order valence-corrected chi connectivity index (χ0v) is 10.9. The Labute approximate surface area is 97.0 Å². The quantitative estimate of drug-likeness (QED) is 0.695. The smallest absolute Gasteiger partial charge is 0.187 e. The summed E-state index contributed by atoms with van der Waals surface area (Å²) in [5, 5.41) is 0. The lowest BCUT2D eigenvalue weighted by Gasteiger charge is -2.38. The molecule has 0 radical (unpaired) electrons. The van der Waals surface area contributed by atoms with Crippen LogP contribution in [0.4, 0.5) is 5.69 Å². The molecule has 3 nitrogen and oxygen atoms in total. The normalized spacial score (nSPS) is 21.6. The molecule has 1 heterocycles. The number of rotatable bonds is 0. The van der Waals surface area contributed by atoms with Crippen molar-refractivity contribution in [2.75, 3.05) is 18.5 Å². The van der Waals surface area contributed by atoms with Crippen LogP contribution in [-0.4, -0.2) is 26.8 Å². The summed E-state index contributed by atoms with van der Waals surface area (Å²) in [6, 6.07) is 5.60. The minimum absolute atomic E-state index is 0.464. The van der Waals surface area contributed by atoms with Gasteiger partial charge in [0.15, 0.2) is 9.84 Å². The van der Waals surface area contributed by atoms with Crippen LogP contribution in [-0.2, 0) is 9.84 Å². The van der Waals surface area contributed by atoms with Crippen LogP contribution >= 0.6 is 0 Å². The van der Waals surface area contributed by atoms with Gasteiger partial charge >= 0.3 is 0 Å². The molecule has 2 rings (SSSR count). The first-order valence-electron chi connectivity index (χ1n) is 5.32. The van der Waals surface area contributed by atoms with E-state index in [1.165, 1.54) is 0 Å². The molecule has 88 valence electrons. The van der Waals surface area contributed by atoms with E-state index in [1.807, 2.05) is 31.0 Å². The summed E-state index contributed by atoms with van der Waals surface area (Å²) >= 11 is 0. The summed E-state index contributed by atoms with van der Waals surface area (Å²) in [6.45, 7) is 6.01. The van der Waals surface area contributed by atoms with E-state index in [1.54, 1.807) is 19.9 Å². The Morgan fingerprint density at radius 1 is 1.31 bits per heavy atom. The van der Waals surface area contributed by atoms with Crippen molar-refractivity contribution in [2.24, 2.45) is 0 Å². The summed E-state index contributed by atoms with van der Waals surface area (Å²) < 4.78 is 24.1. The summed E-state index contributed by atoms with van der Waals surface area (Å²) in [6.07, 6.45) is 0. The van der Waals surface area contributed by atoms with Crippen LogP contribution in [0.3, 0.4) is 0 Å². The maximum atomic E-state index is 12.4. The predicted octanol–water partition coefficient (Wildman–Crippen LogP) is 2.00. The highest BCUT2D eigenvalue weighted by atomic mass is 32.2. The molecular formula is C12H17NO2S. The van der Waals surface area contributed by atoms with Crippen LogP contribution < -0.4 is 4.90 Å².